The second kappa shape index (κ2) is 7.36. The molecule has 1 aromatic carbocycles. The van der Waals surface area contributed by atoms with Crippen molar-refractivity contribution in [1.82, 2.24) is 0 Å². The summed E-state index contributed by atoms with van der Waals surface area (Å²) in [4.78, 5) is 23.2. The molecule has 0 saturated heterocycles. The number of ether oxygens (including phenoxy) is 1. The zero-order valence-electron chi connectivity index (χ0n) is 11.1. The van der Waals surface area contributed by atoms with E-state index in [0.717, 1.165) is 6.07 Å². The minimum Gasteiger partial charge on any atom is -0.469 e. The quantitative estimate of drug-likeness (QED) is 0.320. The third kappa shape index (κ3) is 4.02. The van der Waals surface area contributed by atoms with E-state index in [1.165, 1.54) is 13.2 Å². The fourth-order valence-corrected chi connectivity index (χ4v) is 2.15. The van der Waals surface area contributed by atoms with Gasteiger partial charge < -0.3 is 9.64 Å². The highest BCUT2D eigenvalue weighted by Crippen LogP contribution is 2.31. The summed E-state index contributed by atoms with van der Waals surface area (Å²) in [6.45, 7) is 2.42. The first-order valence-corrected chi connectivity index (χ1v) is 6.93. The highest BCUT2D eigenvalue weighted by Gasteiger charge is 2.22. The number of methoxy groups -OCH3 is 1. The van der Waals surface area contributed by atoms with Crippen molar-refractivity contribution in [1.29, 1.82) is 0 Å². The van der Waals surface area contributed by atoms with Crippen molar-refractivity contribution in [3.8, 4) is 0 Å². The Bertz CT molecular complexity index is 524. The zero-order chi connectivity index (χ0) is 15.3. The van der Waals surface area contributed by atoms with Gasteiger partial charge in [-0.25, -0.2) is 4.39 Å². The van der Waals surface area contributed by atoms with Gasteiger partial charge in [-0.15, -0.1) is 0 Å². The molecule has 1 rings (SSSR count). The van der Waals surface area contributed by atoms with Gasteiger partial charge in [-0.05, 0) is 29.5 Å². The molecule has 0 aliphatic carbocycles. The van der Waals surface area contributed by atoms with Crippen LogP contribution < -0.4 is 4.90 Å². The number of nitro groups is 1. The van der Waals surface area contributed by atoms with Gasteiger partial charge in [-0.2, -0.15) is 0 Å². The van der Waals surface area contributed by atoms with Crippen LogP contribution in [-0.2, 0) is 9.53 Å². The molecule has 6 nitrogen and oxygen atoms in total. The van der Waals surface area contributed by atoms with Crippen molar-refractivity contribution >= 4 is 39.9 Å². The minimum atomic E-state index is -0.558. The lowest BCUT2D eigenvalue weighted by Gasteiger charge is -2.22. The molecule has 0 radical (unpaired) electrons. The lowest BCUT2D eigenvalue weighted by Crippen LogP contribution is -2.27. The molecule has 110 valence electrons. The number of esters is 1. The van der Waals surface area contributed by atoms with Gasteiger partial charge >= 0.3 is 5.97 Å². The molecule has 8 heteroatoms. The average Bonchev–Trinajstić information content (AvgIpc) is 2.42. The van der Waals surface area contributed by atoms with Crippen LogP contribution in [0.3, 0.4) is 0 Å². The van der Waals surface area contributed by atoms with Crippen LogP contribution in [0, 0.1) is 19.5 Å². The standard InChI is InChI=1S/C12H14FIN2O4/c1-3-15(5-4-12(17)20-2)10-6-8(13)9(14)7-11(10)16(18)19/h6-7H,3-5H2,1-2H3. The molecular weight excluding hydrogens is 382 g/mol. The molecule has 0 saturated carbocycles. The normalized spacial score (nSPS) is 10.2. The minimum absolute atomic E-state index is 0.0785. The van der Waals surface area contributed by atoms with Gasteiger partial charge in [-0.3, -0.25) is 14.9 Å². The topological polar surface area (TPSA) is 72.7 Å². The van der Waals surface area contributed by atoms with E-state index in [0.29, 0.717) is 6.54 Å². The molecule has 0 bridgehead atoms. The lowest BCUT2D eigenvalue weighted by atomic mass is 10.2. The van der Waals surface area contributed by atoms with Crippen LogP contribution in [0.25, 0.3) is 0 Å². The maximum Gasteiger partial charge on any atom is 0.307 e. The summed E-state index contributed by atoms with van der Waals surface area (Å²) in [5, 5.41) is 11.1. The van der Waals surface area contributed by atoms with Gasteiger partial charge in [0.2, 0.25) is 0 Å². The molecule has 0 atom stereocenters. The fraction of sp³-hybridized carbons (Fsp3) is 0.417. The summed E-state index contributed by atoms with van der Waals surface area (Å²) in [6, 6.07) is 2.31. The Hall–Kier alpha value is -1.45. The number of nitrogens with zero attached hydrogens (tertiary/aromatic N) is 2. The Morgan fingerprint density at radius 1 is 1.55 bits per heavy atom. The predicted molar refractivity (Wildman–Crippen MR) is 80.3 cm³/mol. The Morgan fingerprint density at radius 2 is 2.20 bits per heavy atom. The molecule has 20 heavy (non-hydrogen) atoms. The van der Waals surface area contributed by atoms with Crippen molar-refractivity contribution in [3.05, 3.63) is 31.6 Å². The van der Waals surface area contributed by atoms with E-state index in [-0.39, 0.29) is 27.9 Å². The van der Waals surface area contributed by atoms with Crippen molar-refractivity contribution in [3.63, 3.8) is 0 Å². The summed E-state index contributed by atoms with van der Waals surface area (Å²) in [5.41, 5.74) is -0.0122. The largest absolute Gasteiger partial charge is 0.469 e. The molecular formula is C12H14FIN2O4. The van der Waals surface area contributed by atoms with Crippen LogP contribution in [0.1, 0.15) is 13.3 Å². The Balaban J connectivity index is 3.10. The van der Waals surface area contributed by atoms with Crippen LogP contribution in [-0.4, -0.2) is 31.1 Å². The van der Waals surface area contributed by atoms with E-state index < -0.39 is 16.7 Å². The zero-order valence-corrected chi connectivity index (χ0v) is 13.2. The number of carbonyl (C=O) groups is 1. The number of hydrogen-bond acceptors (Lipinski definition) is 5. The van der Waals surface area contributed by atoms with E-state index >= 15 is 0 Å². The average molecular weight is 396 g/mol. The summed E-state index contributed by atoms with van der Waals surface area (Å²) < 4.78 is 18.3. The van der Waals surface area contributed by atoms with Crippen molar-refractivity contribution in [2.75, 3.05) is 25.1 Å². The molecule has 0 aliphatic rings. The Morgan fingerprint density at radius 3 is 2.70 bits per heavy atom. The summed E-state index contributed by atoms with van der Waals surface area (Å²) in [5.74, 6) is -0.945. The number of carbonyl (C=O) groups excluding carboxylic acids is 1. The molecule has 1 aromatic rings. The van der Waals surface area contributed by atoms with E-state index in [2.05, 4.69) is 4.74 Å². The predicted octanol–water partition coefficient (Wildman–Crippen LogP) is 2.73. The first-order chi connectivity index (χ1) is 9.40. The first kappa shape index (κ1) is 16.6. The van der Waals surface area contributed by atoms with E-state index in [9.17, 15) is 19.3 Å². The Labute approximate surface area is 129 Å². The number of anilines is 1. The van der Waals surface area contributed by atoms with E-state index in [1.807, 2.05) is 0 Å². The smallest absolute Gasteiger partial charge is 0.307 e. The van der Waals surface area contributed by atoms with Crippen LogP contribution in [0.5, 0.6) is 0 Å². The highest BCUT2D eigenvalue weighted by atomic mass is 127. The maximum atomic E-state index is 13.6. The van der Waals surface area contributed by atoms with Crippen molar-refractivity contribution in [2.45, 2.75) is 13.3 Å². The lowest BCUT2D eigenvalue weighted by molar-refractivity contribution is -0.384. The molecule has 0 amide bonds. The highest BCUT2D eigenvalue weighted by molar-refractivity contribution is 14.1. The molecule has 0 aromatic heterocycles. The molecule has 0 fully saturated rings. The van der Waals surface area contributed by atoms with Gasteiger partial charge in [-0.1, -0.05) is 0 Å². The van der Waals surface area contributed by atoms with Crippen LogP contribution in [0.2, 0.25) is 0 Å². The number of hydrogen-bond donors (Lipinski definition) is 0. The van der Waals surface area contributed by atoms with Gasteiger partial charge in [0.1, 0.15) is 11.5 Å². The summed E-state index contributed by atoms with van der Waals surface area (Å²) >= 11 is 1.70. The first-order valence-electron chi connectivity index (χ1n) is 5.85. The van der Waals surface area contributed by atoms with Crippen molar-refractivity contribution < 1.29 is 18.8 Å². The maximum absolute atomic E-state index is 13.6. The summed E-state index contributed by atoms with van der Waals surface area (Å²) in [7, 11) is 1.27. The molecule has 0 spiro atoms. The second-order valence-corrected chi connectivity index (χ2v) is 5.08. The molecule has 0 heterocycles. The molecule has 0 unspecified atom stereocenters. The van der Waals surface area contributed by atoms with Crippen LogP contribution in [0.15, 0.2) is 12.1 Å². The molecule has 0 N–H and O–H groups in total. The third-order valence-corrected chi connectivity index (χ3v) is 3.58. The van der Waals surface area contributed by atoms with Crippen LogP contribution in [0.4, 0.5) is 15.8 Å². The monoisotopic (exact) mass is 396 g/mol. The SMILES string of the molecule is CCN(CCC(=O)OC)c1cc(F)c(I)cc1[N+](=O)[O-]. The van der Waals surface area contributed by atoms with E-state index in [4.69, 9.17) is 0 Å². The number of nitro benzene ring substituents is 1. The number of halogens is 2. The van der Waals surface area contributed by atoms with Gasteiger partial charge in [0.05, 0.1) is 22.0 Å². The van der Waals surface area contributed by atoms with Crippen LogP contribution >= 0.6 is 22.6 Å². The molecule has 0 aliphatic heterocycles. The van der Waals surface area contributed by atoms with E-state index in [1.54, 1.807) is 34.4 Å². The summed E-state index contributed by atoms with van der Waals surface area (Å²) in [6.07, 6.45) is 0.0785. The Kier molecular flexibility index (Phi) is 6.11. The fourth-order valence-electron chi connectivity index (χ4n) is 1.70. The third-order valence-electron chi connectivity index (χ3n) is 2.75. The van der Waals surface area contributed by atoms with Gasteiger partial charge in [0.25, 0.3) is 5.69 Å². The van der Waals surface area contributed by atoms with Crippen molar-refractivity contribution in [2.24, 2.45) is 0 Å². The second-order valence-electron chi connectivity index (χ2n) is 3.92. The number of benzene rings is 1. The van der Waals surface area contributed by atoms with Gasteiger partial charge in [0.15, 0.2) is 0 Å². The van der Waals surface area contributed by atoms with Gasteiger partial charge in [0, 0.05) is 25.2 Å². The number of rotatable bonds is 6.